The van der Waals surface area contributed by atoms with Gasteiger partial charge in [0.05, 0.1) is 6.10 Å². The molecule has 10 heavy (non-hydrogen) atoms. The molecule has 0 fully saturated rings. The Morgan fingerprint density at radius 1 is 1.40 bits per heavy atom. The maximum absolute atomic E-state index is 8.90. The topological polar surface area (TPSA) is 35.5 Å². The molecular weight excluding hydrogens is 128 g/mol. The number of nitrogens with zero attached hydrogens (tertiary/aromatic N) is 1. The number of rotatable bonds is 5. The molecule has 0 aromatic carbocycles. The van der Waals surface area contributed by atoms with E-state index in [-0.39, 0.29) is 6.10 Å². The maximum atomic E-state index is 8.90. The molecule has 0 aromatic rings. The lowest BCUT2D eigenvalue weighted by atomic mass is 10.4. The first kappa shape index (κ1) is 9.88. The van der Waals surface area contributed by atoms with Gasteiger partial charge in [0.25, 0.3) is 0 Å². The van der Waals surface area contributed by atoms with Crippen LogP contribution in [0, 0.1) is 0 Å². The molecule has 62 valence electrons. The van der Waals surface area contributed by atoms with E-state index in [9.17, 15) is 0 Å². The Hall–Kier alpha value is -0.120. The van der Waals surface area contributed by atoms with Crippen LogP contribution in [0.25, 0.3) is 0 Å². The largest absolute Gasteiger partial charge is 0.392 e. The molecule has 0 saturated heterocycles. The molecule has 0 saturated carbocycles. The van der Waals surface area contributed by atoms with Crippen molar-refractivity contribution >= 4 is 0 Å². The van der Waals surface area contributed by atoms with E-state index in [0.29, 0.717) is 6.54 Å². The molecule has 1 unspecified atom stereocenters. The van der Waals surface area contributed by atoms with Crippen molar-refractivity contribution in [3.8, 4) is 0 Å². The van der Waals surface area contributed by atoms with E-state index in [0.717, 1.165) is 13.1 Å². The molecule has 0 aliphatic rings. The van der Waals surface area contributed by atoms with Gasteiger partial charge in [-0.3, -0.25) is 5.43 Å². The van der Waals surface area contributed by atoms with Crippen LogP contribution < -0.4 is 5.43 Å². The van der Waals surface area contributed by atoms with Crippen molar-refractivity contribution in [2.75, 3.05) is 19.6 Å². The monoisotopic (exact) mass is 146 g/mol. The first-order valence-corrected chi connectivity index (χ1v) is 3.87. The van der Waals surface area contributed by atoms with E-state index in [1.807, 2.05) is 0 Å². The number of aliphatic hydroxyl groups is 1. The average molecular weight is 146 g/mol. The summed E-state index contributed by atoms with van der Waals surface area (Å²) in [6.45, 7) is 8.53. The first-order chi connectivity index (χ1) is 4.70. The van der Waals surface area contributed by atoms with E-state index in [1.54, 1.807) is 6.92 Å². The number of hydrogen-bond donors (Lipinski definition) is 2. The summed E-state index contributed by atoms with van der Waals surface area (Å²) < 4.78 is 0. The van der Waals surface area contributed by atoms with Gasteiger partial charge in [-0.1, -0.05) is 13.8 Å². The van der Waals surface area contributed by atoms with E-state index in [1.165, 1.54) is 0 Å². The van der Waals surface area contributed by atoms with Crippen LogP contribution in [0.3, 0.4) is 0 Å². The molecular formula is C7H18N2O. The highest BCUT2D eigenvalue weighted by Gasteiger charge is 1.98. The third-order valence-corrected chi connectivity index (χ3v) is 1.37. The third kappa shape index (κ3) is 4.73. The predicted octanol–water partition coefficient (Wildman–Crippen LogP) is 0.214. The second-order valence-corrected chi connectivity index (χ2v) is 2.38. The predicted molar refractivity (Wildman–Crippen MR) is 42.6 cm³/mol. The SMILES string of the molecule is CCN(CC)NCC(C)O. The Labute approximate surface area is 63.0 Å². The van der Waals surface area contributed by atoms with Gasteiger partial charge in [-0.25, -0.2) is 5.01 Å². The van der Waals surface area contributed by atoms with Crippen LogP contribution in [0.5, 0.6) is 0 Å². The minimum absolute atomic E-state index is 0.263. The van der Waals surface area contributed by atoms with Crippen LogP contribution in [0.2, 0.25) is 0 Å². The summed E-state index contributed by atoms with van der Waals surface area (Å²) in [5, 5.41) is 11.0. The fourth-order valence-corrected chi connectivity index (χ4v) is 0.708. The van der Waals surface area contributed by atoms with Crippen molar-refractivity contribution in [1.82, 2.24) is 10.4 Å². The molecule has 0 rings (SSSR count). The van der Waals surface area contributed by atoms with Crippen molar-refractivity contribution < 1.29 is 5.11 Å². The number of aliphatic hydroxyl groups excluding tert-OH is 1. The molecule has 3 heteroatoms. The summed E-state index contributed by atoms with van der Waals surface area (Å²) in [5.74, 6) is 0. The molecule has 0 aliphatic carbocycles. The minimum Gasteiger partial charge on any atom is -0.392 e. The summed E-state index contributed by atoms with van der Waals surface area (Å²) in [4.78, 5) is 0. The van der Waals surface area contributed by atoms with Gasteiger partial charge in [-0.05, 0) is 6.92 Å². The van der Waals surface area contributed by atoms with Crippen LogP contribution in [0.15, 0.2) is 0 Å². The molecule has 0 heterocycles. The number of nitrogens with one attached hydrogen (secondary N) is 1. The van der Waals surface area contributed by atoms with Crippen LogP contribution in [0.1, 0.15) is 20.8 Å². The molecule has 3 nitrogen and oxygen atoms in total. The highest BCUT2D eigenvalue weighted by Crippen LogP contribution is 1.81. The summed E-state index contributed by atoms with van der Waals surface area (Å²) in [5.41, 5.74) is 3.10. The normalized spacial score (nSPS) is 14.1. The van der Waals surface area contributed by atoms with Crippen molar-refractivity contribution in [1.29, 1.82) is 0 Å². The van der Waals surface area contributed by atoms with Gasteiger partial charge >= 0.3 is 0 Å². The van der Waals surface area contributed by atoms with Crippen molar-refractivity contribution in [2.24, 2.45) is 0 Å². The summed E-state index contributed by atoms with van der Waals surface area (Å²) in [6.07, 6.45) is -0.263. The van der Waals surface area contributed by atoms with Crippen LogP contribution in [-0.4, -0.2) is 35.9 Å². The van der Waals surface area contributed by atoms with E-state index in [4.69, 9.17) is 5.11 Å². The van der Waals surface area contributed by atoms with Crippen molar-refractivity contribution in [3.05, 3.63) is 0 Å². The highest BCUT2D eigenvalue weighted by molar-refractivity contribution is 4.50. The third-order valence-electron chi connectivity index (χ3n) is 1.37. The molecule has 2 N–H and O–H groups in total. The lowest BCUT2D eigenvalue weighted by molar-refractivity contribution is 0.132. The molecule has 0 bridgehead atoms. The molecule has 0 aliphatic heterocycles. The zero-order valence-corrected chi connectivity index (χ0v) is 7.09. The van der Waals surface area contributed by atoms with E-state index < -0.39 is 0 Å². The number of hydrazine groups is 1. The Balaban J connectivity index is 3.26. The average Bonchev–Trinajstić information content (AvgIpc) is 1.90. The van der Waals surface area contributed by atoms with Gasteiger partial charge in [0.15, 0.2) is 0 Å². The standard InChI is InChI=1S/C7H18N2O/c1-4-9(5-2)8-6-7(3)10/h7-8,10H,4-6H2,1-3H3. The minimum atomic E-state index is -0.263. The Morgan fingerprint density at radius 2 is 1.90 bits per heavy atom. The fourth-order valence-electron chi connectivity index (χ4n) is 0.708. The van der Waals surface area contributed by atoms with Crippen LogP contribution in [0.4, 0.5) is 0 Å². The van der Waals surface area contributed by atoms with Gasteiger partial charge in [-0.15, -0.1) is 0 Å². The quantitative estimate of drug-likeness (QED) is 0.544. The van der Waals surface area contributed by atoms with Gasteiger partial charge in [-0.2, -0.15) is 0 Å². The van der Waals surface area contributed by atoms with Gasteiger partial charge in [0.2, 0.25) is 0 Å². The van der Waals surface area contributed by atoms with Crippen LogP contribution in [-0.2, 0) is 0 Å². The van der Waals surface area contributed by atoms with Gasteiger partial charge in [0, 0.05) is 19.6 Å². The highest BCUT2D eigenvalue weighted by atomic mass is 16.3. The Kier molecular flexibility index (Phi) is 5.58. The van der Waals surface area contributed by atoms with Gasteiger partial charge < -0.3 is 5.11 Å². The fraction of sp³-hybridized carbons (Fsp3) is 1.00. The van der Waals surface area contributed by atoms with Gasteiger partial charge in [0.1, 0.15) is 0 Å². The first-order valence-electron chi connectivity index (χ1n) is 3.87. The maximum Gasteiger partial charge on any atom is 0.0650 e. The lowest BCUT2D eigenvalue weighted by Gasteiger charge is -2.20. The zero-order chi connectivity index (χ0) is 7.98. The van der Waals surface area contributed by atoms with Crippen molar-refractivity contribution in [2.45, 2.75) is 26.9 Å². The molecule has 0 aromatic heterocycles. The molecule has 0 spiro atoms. The smallest absolute Gasteiger partial charge is 0.0650 e. The molecule has 0 radical (unpaired) electrons. The van der Waals surface area contributed by atoms with E-state index in [2.05, 4.69) is 24.3 Å². The Morgan fingerprint density at radius 3 is 2.20 bits per heavy atom. The molecule has 1 atom stereocenters. The summed E-state index contributed by atoms with van der Waals surface area (Å²) >= 11 is 0. The summed E-state index contributed by atoms with van der Waals surface area (Å²) in [6, 6.07) is 0. The Bertz CT molecular complexity index is 72.0. The zero-order valence-electron chi connectivity index (χ0n) is 7.09. The second kappa shape index (κ2) is 5.65. The lowest BCUT2D eigenvalue weighted by Crippen LogP contribution is -2.41. The summed E-state index contributed by atoms with van der Waals surface area (Å²) in [7, 11) is 0. The molecule has 0 amide bonds. The van der Waals surface area contributed by atoms with Crippen molar-refractivity contribution in [3.63, 3.8) is 0 Å². The van der Waals surface area contributed by atoms with Crippen LogP contribution >= 0.6 is 0 Å². The second-order valence-electron chi connectivity index (χ2n) is 2.38. The number of hydrogen-bond acceptors (Lipinski definition) is 3. The van der Waals surface area contributed by atoms with E-state index >= 15 is 0 Å².